The Morgan fingerprint density at radius 2 is 2.14 bits per heavy atom. The second-order valence-corrected chi connectivity index (χ2v) is 6.85. The van der Waals surface area contributed by atoms with Crippen LogP contribution in [0.2, 0.25) is 0 Å². The maximum absolute atomic E-state index is 12.9. The van der Waals surface area contributed by atoms with Gasteiger partial charge >= 0.3 is 0 Å². The molecule has 2 N–H and O–H groups in total. The van der Waals surface area contributed by atoms with Gasteiger partial charge in [0.15, 0.2) is 0 Å². The van der Waals surface area contributed by atoms with Crippen LogP contribution in [0.3, 0.4) is 0 Å². The van der Waals surface area contributed by atoms with Crippen LogP contribution in [-0.2, 0) is 4.79 Å². The lowest BCUT2D eigenvalue weighted by atomic mass is 10.0. The van der Waals surface area contributed by atoms with Gasteiger partial charge in [-0.2, -0.15) is 0 Å². The number of hydrogen-bond donors (Lipinski definition) is 1. The standard InChI is InChI=1S/C17H25BrN2O/c1-3-10-20(17(21)13-8-9-14(19)11-13)12(2)15-6-4-5-7-16(15)18/h4-7,12-14H,3,8-11,19H2,1-2H3. The fraction of sp³-hybridized carbons (Fsp3) is 0.588. The van der Waals surface area contributed by atoms with Crippen molar-refractivity contribution in [2.75, 3.05) is 6.54 Å². The Hall–Kier alpha value is -0.870. The van der Waals surface area contributed by atoms with Gasteiger partial charge in [-0.15, -0.1) is 0 Å². The summed E-state index contributed by atoms with van der Waals surface area (Å²) in [6.45, 7) is 5.03. The fourth-order valence-electron chi connectivity index (χ4n) is 3.19. The monoisotopic (exact) mass is 352 g/mol. The zero-order valence-electron chi connectivity index (χ0n) is 12.9. The summed E-state index contributed by atoms with van der Waals surface area (Å²) < 4.78 is 1.06. The molecule has 1 saturated carbocycles. The first-order valence-electron chi connectivity index (χ1n) is 7.85. The second kappa shape index (κ2) is 7.41. The summed E-state index contributed by atoms with van der Waals surface area (Å²) in [7, 11) is 0. The zero-order valence-corrected chi connectivity index (χ0v) is 14.5. The molecule has 3 nitrogen and oxygen atoms in total. The number of amides is 1. The van der Waals surface area contributed by atoms with Crippen LogP contribution in [-0.4, -0.2) is 23.4 Å². The number of carbonyl (C=O) groups is 1. The number of benzene rings is 1. The molecule has 1 aromatic carbocycles. The number of hydrogen-bond acceptors (Lipinski definition) is 2. The molecular weight excluding hydrogens is 328 g/mol. The van der Waals surface area contributed by atoms with Crippen molar-refractivity contribution in [3.8, 4) is 0 Å². The normalized spacial score (nSPS) is 23.0. The highest BCUT2D eigenvalue weighted by molar-refractivity contribution is 9.10. The summed E-state index contributed by atoms with van der Waals surface area (Å²) >= 11 is 3.60. The van der Waals surface area contributed by atoms with Crippen molar-refractivity contribution in [2.24, 2.45) is 11.7 Å². The van der Waals surface area contributed by atoms with E-state index in [1.54, 1.807) is 0 Å². The lowest BCUT2D eigenvalue weighted by Crippen LogP contribution is -2.38. The van der Waals surface area contributed by atoms with Crippen molar-refractivity contribution in [3.05, 3.63) is 34.3 Å². The number of halogens is 1. The Kier molecular flexibility index (Phi) is 5.82. The largest absolute Gasteiger partial charge is 0.336 e. The highest BCUT2D eigenvalue weighted by atomic mass is 79.9. The quantitative estimate of drug-likeness (QED) is 0.873. The van der Waals surface area contributed by atoms with Crippen LogP contribution in [0, 0.1) is 5.92 Å². The average molecular weight is 353 g/mol. The molecule has 116 valence electrons. The molecule has 1 aromatic rings. The van der Waals surface area contributed by atoms with E-state index in [0.717, 1.165) is 36.7 Å². The molecule has 0 aliphatic heterocycles. The molecule has 21 heavy (non-hydrogen) atoms. The Morgan fingerprint density at radius 1 is 1.43 bits per heavy atom. The van der Waals surface area contributed by atoms with Crippen LogP contribution >= 0.6 is 15.9 Å². The highest BCUT2D eigenvalue weighted by Crippen LogP contribution is 2.32. The summed E-state index contributed by atoms with van der Waals surface area (Å²) in [5.41, 5.74) is 7.14. The van der Waals surface area contributed by atoms with Gasteiger partial charge in [0.1, 0.15) is 0 Å². The minimum atomic E-state index is 0.0878. The van der Waals surface area contributed by atoms with Crippen molar-refractivity contribution >= 4 is 21.8 Å². The first kappa shape index (κ1) is 16.5. The number of rotatable bonds is 5. The molecule has 0 radical (unpaired) electrons. The van der Waals surface area contributed by atoms with E-state index in [0.29, 0.717) is 0 Å². The zero-order chi connectivity index (χ0) is 15.4. The van der Waals surface area contributed by atoms with E-state index in [2.05, 4.69) is 35.8 Å². The molecular formula is C17H25BrN2O. The molecule has 0 spiro atoms. The lowest BCUT2D eigenvalue weighted by Gasteiger charge is -2.32. The van der Waals surface area contributed by atoms with Gasteiger partial charge in [-0.1, -0.05) is 41.1 Å². The predicted octanol–water partition coefficient (Wildman–Crippen LogP) is 3.88. The molecule has 4 heteroatoms. The van der Waals surface area contributed by atoms with Gasteiger partial charge < -0.3 is 10.6 Å². The molecule has 1 amide bonds. The van der Waals surface area contributed by atoms with Crippen molar-refractivity contribution in [2.45, 2.75) is 51.6 Å². The SMILES string of the molecule is CCCN(C(=O)C1CCC(N)C1)C(C)c1ccccc1Br. The summed E-state index contributed by atoms with van der Waals surface area (Å²) in [5, 5.41) is 0. The Balaban J connectivity index is 2.18. The lowest BCUT2D eigenvalue weighted by molar-refractivity contribution is -0.137. The van der Waals surface area contributed by atoms with Crippen LogP contribution in [0.4, 0.5) is 0 Å². The van der Waals surface area contributed by atoms with Gasteiger partial charge in [0, 0.05) is 23.0 Å². The average Bonchev–Trinajstić information content (AvgIpc) is 2.90. The summed E-state index contributed by atoms with van der Waals surface area (Å²) in [6.07, 6.45) is 3.71. The van der Waals surface area contributed by atoms with Gasteiger partial charge in [0.05, 0.1) is 6.04 Å². The Labute approximate surface area is 136 Å². The van der Waals surface area contributed by atoms with Gasteiger partial charge in [0.2, 0.25) is 5.91 Å². The topological polar surface area (TPSA) is 46.3 Å². The van der Waals surface area contributed by atoms with Gasteiger partial charge in [-0.25, -0.2) is 0 Å². The molecule has 3 atom stereocenters. The van der Waals surface area contributed by atoms with Crippen molar-refractivity contribution in [1.29, 1.82) is 0 Å². The predicted molar refractivity (Wildman–Crippen MR) is 89.9 cm³/mol. The summed E-state index contributed by atoms with van der Waals surface area (Å²) in [6, 6.07) is 8.43. The first-order valence-corrected chi connectivity index (χ1v) is 8.64. The highest BCUT2D eigenvalue weighted by Gasteiger charge is 2.33. The third kappa shape index (κ3) is 3.86. The maximum Gasteiger partial charge on any atom is 0.226 e. The molecule has 1 aliphatic carbocycles. The van der Waals surface area contributed by atoms with Crippen LogP contribution < -0.4 is 5.73 Å². The number of nitrogens with zero attached hydrogens (tertiary/aromatic N) is 1. The van der Waals surface area contributed by atoms with Gasteiger partial charge in [-0.05, 0) is 44.2 Å². The van der Waals surface area contributed by atoms with E-state index < -0.39 is 0 Å². The van der Waals surface area contributed by atoms with Crippen molar-refractivity contribution in [3.63, 3.8) is 0 Å². The third-order valence-corrected chi connectivity index (χ3v) is 5.12. The van der Waals surface area contributed by atoms with Gasteiger partial charge in [0.25, 0.3) is 0 Å². The van der Waals surface area contributed by atoms with E-state index in [9.17, 15) is 4.79 Å². The molecule has 0 heterocycles. The van der Waals surface area contributed by atoms with Crippen LogP contribution in [0.5, 0.6) is 0 Å². The molecule has 1 aliphatic rings. The van der Waals surface area contributed by atoms with E-state index in [1.807, 2.05) is 23.1 Å². The minimum Gasteiger partial charge on any atom is -0.336 e. The fourth-order valence-corrected chi connectivity index (χ4v) is 3.81. The molecule has 2 rings (SSSR count). The van der Waals surface area contributed by atoms with Crippen molar-refractivity contribution in [1.82, 2.24) is 4.90 Å². The van der Waals surface area contributed by atoms with Crippen LogP contribution in [0.1, 0.15) is 51.1 Å². The maximum atomic E-state index is 12.9. The summed E-state index contributed by atoms with van der Waals surface area (Å²) in [4.78, 5) is 14.9. The molecule has 0 saturated heterocycles. The van der Waals surface area contributed by atoms with E-state index in [1.165, 1.54) is 5.56 Å². The van der Waals surface area contributed by atoms with E-state index >= 15 is 0 Å². The molecule has 0 aromatic heterocycles. The van der Waals surface area contributed by atoms with E-state index in [4.69, 9.17) is 5.73 Å². The molecule has 1 fully saturated rings. The van der Waals surface area contributed by atoms with Gasteiger partial charge in [-0.3, -0.25) is 4.79 Å². The number of carbonyl (C=O) groups excluding carboxylic acids is 1. The van der Waals surface area contributed by atoms with E-state index in [-0.39, 0.29) is 23.9 Å². The van der Waals surface area contributed by atoms with Crippen LogP contribution in [0.15, 0.2) is 28.7 Å². The first-order chi connectivity index (χ1) is 10.0. The molecule has 3 unspecified atom stereocenters. The summed E-state index contributed by atoms with van der Waals surface area (Å²) in [5.74, 6) is 0.379. The third-order valence-electron chi connectivity index (χ3n) is 4.39. The Bertz CT molecular complexity index is 491. The smallest absolute Gasteiger partial charge is 0.226 e. The Morgan fingerprint density at radius 3 is 2.71 bits per heavy atom. The minimum absolute atomic E-state index is 0.0878. The second-order valence-electron chi connectivity index (χ2n) is 6.00. The van der Waals surface area contributed by atoms with Crippen LogP contribution in [0.25, 0.3) is 0 Å². The number of nitrogens with two attached hydrogens (primary N) is 1. The van der Waals surface area contributed by atoms with Crippen molar-refractivity contribution < 1.29 is 4.79 Å². The molecule has 0 bridgehead atoms.